The Kier molecular flexibility index (Phi) is 8.03. The Morgan fingerprint density at radius 1 is 1.17 bits per heavy atom. The Morgan fingerprint density at radius 2 is 2.00 bits per heavy atom. The number of ether oxygens (including phenoxy) is 2. The first-order chi connectivity index (χ1) is 17.0. The van der Waals surface area contributed by atoms with Gasteiger partial charge < -0.3 is 19.7 Å². The molecule has 1 saturated heterocycles. The average Bonchev–Trinajstić information content (AvgIpc) is 2.86. The second-order valence-corrected chi connectivity index (χ2v) is 9.03. The predicted molar refractivity (Wildman–Crippen MR) is 140 cm³/mol. The van der Waals surface area contributed by atoms with Crippen LogP contribution in [0.15, 0.2) is 78.5 Å². The highest BCUT2D eigenvalue weighted by Crippen LogP contribution is 2.27. The summed E-state index contributed by atoms with van der Waals surface area (Å²) >= 11 is 0. The van der Waals surface area contributed by atoms with Crippen molar-refractivity contribution in [2.75, 3.05) is 25.5 Å². The Balaban J connectivity index is 1.33. The highest BCUT2D eigenvalue weighted by Gasteiger charge is 2.24. The first kappa shape index (κ1) is 24.3. The number of hydrogen-bond donors (Lipinski definition) is 1. The zero-order valence-corrected chi connectivity index (χ0v) is 20.6. The lowest BCUT2D eigenvalue weighted by Crippen LogP contribution is -2.42. The third kappa shape index (κ3) is 6.85. The molecule has 0 bridgehead atoms. The molecule has 2 aromatic carbocycles. The fourth-order valence-corrected chi connectivity index (χ4v) is 4.34. The molecule has 1 aromatic heterocycles. The molecule has 4 rings (SSSR count). The van der Waals surface area contributed by atoms with Gasteiger partial charge in [-0.15, -0.1) is 0 Å². The molecule has 2 heterocycles. The number of anilines is 1. The summed E-state index contributed by atoms with van der Waals surface area (Å²) in [7, 11) is 1.57. The first-order valence-corrected chi connectivity index (χ1v) is 12.1. The number of methoxy groups -OCH3 is 1. The third-order valence-electron chi connectivity index (χ3n) is 6.19. The van der Waals surface area contributed by atoms with Crippen molar-refractivity contribution < 1.29 is 14.3 Å². The molecule has 0 radical (unpaired) electrons. The Morgan fingerprint density at radius 3 is 2.71 bits per heavy atom. The number of nitrogens with one attached hydrogen (secondary N) is 1. The van der Waals surface area contributed by atoms with Crippen LogP contribution in [-0.4, -0.2) is 42.2 Å². The lowest BCUT2D eigenvalue weighted by atomic mass is 9.91. The van der Waals surface area contributed by atoms with Gasteiger partial charge in [0.15, 0.2) is 0 Å². The summed E-state index contributed by atoms with van der Waals surface area (Å²) in [5.74, 6) is 1.66. The number of rotatable bonds is 7. The minimum atomic E-state index is -0.106. The van der Waals surface area contributed by atoms with Gasteiger partial charge in [0.25, 0.3) is 0 Å². The molecule has 35 heavy (non-hydrogen) atoms. The van der Waals surface area contributed by atoms with Gasteiger partial charge in [-0.05, 0) is 48.6 Å². The molecule has 6 nitrogen and oxygen atoms in total. The van der Waals surface area contributed by atoms with E-state index in [4.69, 9.17) is 9.47 Å². The number of benzene rings is 2. The second kappa shape index (κ2) is 11.6. The minimum absolute atomic E-state index is 0.0851. The second-order valence-electron chi connectivity index (χ2n) is 9.03. The van der Waals surface area contributed by atoms with Crippen LogP contribution in [0.25, 0.3) is 6.08 Å². The molecule has 2 atom stereocenters. The standard InChI is InChI=1S/C29H33N3O3/c1-21-20-32(29(33)31-26-12-13-28(34-3)30-19-26)15-14-25(21)17-24-10-7-11-27(18-24)35-22(2)16-23-8-5-4-6-9-23/h4-13,17-19,21-22H,14-16,20H2,1-3H3,(H,31,33)/b25-17+. The van der Waals surface area contributed by atoms with Gasteiger partial charge in [0, 0.05) is 25.6 Å². The minimum Gasteiger partial charge on any atom is -0.490 e. The molecule has 1 aliphatic heterocycles. The molecule has 1 fully saturated rings. The smallest absolute Gasteiger partial charge is 0.321 e. The number of urea groups is 1. The van der Waals surface area contributed by atoms with Gasteiger partial charge in [-0.2, -0.15) is 0 Å². The summed E-state index contributed by atoms with van der Waals surface area (Å²) in [6.45, 7) is 5.62. The van der Waals surface area contributed by atoms with Crippen molar-refractivity contribution >= 4 is 17.8 Å². The van der Waals surface area contributed by atoms with E-state index >= 15 is 0 Å². The molecule has 0 spiro atoms. The fraction of sp³-hybridized carbons (Fsp3) is 0.310. The summed E-state index contributed by atoms with van der Waals surface area (Å²) < 4.78 is 11.3. The summed E-state index contributed by atoms with van der Waals surface area (Å²) in [6.07, 6.45) is 5.63. The normalized spacial score (nSPS) is 17.6. The number of piperidine rings is 1. The molecule has 1 N–H and O–H groups in total. The predicted octanol–water partition coefficient (Wildman–Crippen LogP) is 6.06. The van der Waals surface area contributed by atoms with Crippen molar-refractivity contribution in [2.24, 2.45) is 5.92 Å². The Hall–Kier alpha value is -3.80. The molecule has 0 aliphatic carbocycles. The number of pyridine rings is 1. The number of carbonyl (C=O) groups is 1. The van der Waals surface area contributed by atoms with Crippen molar-refractivity contribution in [3.63, 3.8) is 0 Å². The maximum Gasteiger partial charge on any atom is 0.321 e. The monoisotopic (exact) mass is 471 g/mol. The Bertz CT molecular complexity index is 1150. The number of carbonyl (C=O) groups excluding carboxylic acids is 1. The van der Waals surface area contributed by atoms with Crippen LogP contribution in [0.5, 0.6) is 11.6 Å². The van der Waals surface area contributed by atoms with Gasteiger partial charge in [-0.25, -0.2) is 9.78 Å². The summed E-state index contributed by atoms with van der Waals surface area (Å²) in [4.78, 5) is 18.7. The van der Waals surface area contributed by atoms with Crippen LogP contribution in [0.4, 0.5) is 10.5 Å². The van der Waals surface area contributed by atoms with Crippen LogP contribution in [0.3, 0.4) is 0 Å². The van der Waals surface area contributed by atoms with Crippen molar-refractivity contribution in [1.82, 2.24) is 9.88 Å². The number of hydrogen-bond acceptors (Lipinski definition) is 4. The number of aromatic nitrogens is 1. The van der Waals surface area contributed by atoms with E-state index in [0.717, 1.165) is 24.2 Å². The van der Waals surface area contributed by atoms with Gasteiger partial charge in [-0.1, -0.05) is 61.0 Å². The van der Waals surface area contributed by atoms with Crippen LogP contribution in [0.1, 0.15) is 31.4 Å². The zero-order valence-electron chi connectivity index (χ0n) is 20.6. The highest BCUT2D eigenvalue weighted by atomic mass is 16.5. The van der Waals surface area contributed by atoms with Crippen LogP contribution in [-0.2, 0) is 6.42 Å². The van der Waals surface area contributed by atoms with Crippen molar-refractivity contribution in [3.8, 4) is 11.6 Å². The van der Waals surface area contributed by atoms with Gasteiger partial charge in [0.2, 0.25) is 5.88 Å². The molecule has 182 valence electrons. The van der Waals surface area contributed by atoms with Crippen molar-refractivity contribution in [2.45, 2.75) is 32.8 Å². The van der Waals surface area contributed by atoms with E-state index < -0.39 is 0 Å². The average molecular weight is 472 g/mol. The van der Waals surface area contributed by atoms with E-state index in [-0.39, 0.29) is 18.1 Å². The maximum atomic E-state index is 12.7. The van der Waals surface area contributed by atoms with E-state index in [1.165, 1.54) is 11.1 Å². The van der Waals surface area contributed by atoms with Crippen LogP contribution in [0.2, 0.25) is 0 Å². The van der Waals surface area contributed by atoms with Gasteiger partial charge in [0.1, 0.15) is 5.75 Å². The van der Waals surface area contributed by atoms with Crippen molar-refractivity contribution in [3.05, 3.63) is 89.6 Å². The van der Waals surface area contributed by atoms with Crippen LogP contribution < -0.4 is 14.8 Å². The summed E-state index contributed by atoms with van der Waals surface area (Å²) in [5, 5.41) is 2.92. The SMILES string of the molecule is COc1ccc(NC(=O)N2CC/C(=C\c3cccc(OC(C)Cc4ccccc4)c3)C(C)C2)cn1. The molecule has 3 aromatic rings. The van der Waals surface area contributed by atoms with Gasteiger partial charge in [0.05, 0.1) is 25.1 Å². The molecule has 2 unspecified atom stereocenters. The van der Waals surface area contributed by atoms with Crippen LogP contribution >= 0.6 is 0 Å². The zero-order chi connectivity index (χ0) is 24.6. The van der Waals surface area contributed by atoms with Gasteiger partial charge in [-0.3, -0.25) is 0 Å². The number of nitrogens with zero attached hydrogens (tertiary/aromatic N) is 2. The fourth-order valence-electron chi connectivity index (χ4n) is 4.34. The molecule has 0 saturated carbocycles. The van der Waals surface area contributed by atoms with Crippen molar-refractivity contribution in [1.29, 1.82) is 0 Å². The van der Waals surface area contributed by atoms with E-state index in [9.17, 15) is 4.79 Å². The van der Waals surface area contributed by atoms with E-state index in [1.54, 1.807) is 25.4 Å². The molecular formula is C29H33N3O3. The Labute approximate surface area is 207 Å². The van der Waals surface area contributed by atoms with E-state index in [0.29, 0.717) is 24.7 Å². The number of likely N-dealkylation sites (tertiary alicyclic amines) is 1. The molecule has 6 heteroatoms. The quantitative estimate of drug-likeness (QED) is 0.455. The van der Waals surface area contributed by atoms with E-state index in [1.807, 2.05) is 23.1 Å². The molecule has 2 amide bonds. The number of amides is 2. The third-order valence-corrected chi connectivity index (χ3v) is 6.19. The molecular weight excluding hydrogens is 438 g/mol. The topological polar surface area (TPSA) is 63.7 Å². The lowest BCUT2D eigenvalue weighted by molar-refractivity contribution is 0.198. The molecule has 1 aliphatic rings. The van der Waals surface area contributed by atoms with Crippen LogP contribution in [0, 0.1) is 5.92 Å². The maximum absolute atomic E-state index is 12.7. The summed E-state index contributed by atoms with van der Waals surface area (Å²) in [6, 6.07) is 22.1. The van der Waals surface area contributed by atoms with E-state index in [2.05, 4.69) is 66.6 Å². The largest absolute Gasteiger partial charge is 0.490 e. The summed E-state index contributed by atoms with van der Waals surface area (Å²) in [5.41, 5.74) is 4.39. The van der Waals surface area contributed by atoms with Gasteiger partial charge >= 0.3 is 6.03 Å². The first-order valence-electron chi connectivity index (χ1n) is 12.1. The lowest BCUT2D eigenvalue weighted by Gasteiger charge is -2.33. The highest BCUT2D eigenvalue weighted by molar-refractivity contribution is 5.89.